The predicted octanol–water partition coefficient (Wildman–Crippen LogP) is 1.21. The summed E-state index contributed by atoms with van der Waals surface area (Å²) in [7, 11) is 1.53. The van der Waals surface area contributed by atoms with Gasteiger partial charge in [-0.1, -0.05) is 41.7 Å². The number of nitrogens with one attached hydrogen (secondary N) is 2. The van der Waals surface area contributed by atoms with Crippen LogP contribution in [0.3, 0.4) is 0 Å². The maximum absolute atomic E-state index is 12.2. The third-order valence-electron chi connectivity index (χ3n) is 3.49. The Kier molecular flexibility index (Phi) is 5.70. The minimum absolute atomic E-state index is 0.0822. The molecule has 0 bridgehead atoms. The lowest BCUT2D eigenvalue weighted by Crippen LogP contribution is -2.39. The van der Waals surface area contributed by atoms with Gasteiger partial charge in [-0.2, -0.15) is 0 Å². The molecule has 1 heterocycles. The molecule has 0 radical (unpaired) electrons. The van der Waals surface area contributed by atoms with Gasteiger partial charge in [0.1, 0.15) is 6.04 Å². The van der Waals surface area contributed by atoms with Crippen molar-refractivity contribution in [1.82, 2.24) is 15.2 Å². The largest absolute Gasteiger partial charge is 0.357 e. The normalized spacial score (nSPS) is 11.7. The van der Waals surface area contributed by atoms with Crippen molar-refractivity contribution in [3.63, 3.8) is 0 Å². The maximum Gasteiger partial charge on any atom is 0.307 e. The van der Waals surface area contributed by atoms with Gasteiger partial charge in [0, 0.05) is 31.1 Å². The lowest BCUT2D eigenvalue weighted by molar-refractivity contribution is -0.129. The highest BCUT2D eigenvalue weighted by molar-refractivity contribution is 7.07. The summed E-state index contributed by atoms with van der Waals surface area (Å²) in [6.45, 7) is 2.13. The molecular formula is C16H19N3O3S. The van der Waals surface area contributed by atoms with Crippen molar-refractivity contribution in [3.05, 3.63) is 56.6 Å². The van der Waals surface area contributed by atoms with Crippen LogP contribution in [0.4, 0.5) is 0 Å². The van der Waals surface area contributed by atoms with Crippen LogP contribution in [0.1, 0.15) is 23.7 Å². The van der Waals surface area contributed by atoms with Crippen molar-refractivity contribution in [2.45, 2.75) is 25.9 Å². The van der Waals surface area contributed by atoms with Crippen LogP contribution < -0.4 is 15.5 Å². The average molecular weight is 333 g/mol. The summed E-state index contributed by atoms with van der Waals surface area (Å²) in [5.74, 6) is -0.562. The summed E-state index contributed by atoms with van der Waals surface area (Å²) in [6.07, 6.45) is 0.137. The van der Waals surface area contributed by atoms with E-state index in [9.17, 15) is 14.4 Å². The molecule has 0 spiro atoms. The number of rotatable bonds is 6. The highest BCUT2D eigenvalue weighted by Crippen LogP contribution is 2.13. The number of aryl methyl sites for hydroxylation is 1. The summed E-state index contributed by atoms with van der Waals surface area (Å²) >= 11 is 1.11. The van der Waals surface area contributed by atoms with Gasteiger partial charge in [0.25, 0.3) is 0 Å². The lowest BCUT2D eigenvalue weighted by Gasteiger charge is -2.17. The molecule has 0 aliphatic carbocycles. The van der Waals surface area contributed by atoms with E-state index in [0.29, 0.717) is 12.1 Å². The molecule has 0 saturated carbocycles. The zero-order valence-corrected chi connectivity index (χ0v) is 13.9. The molecule has 0 fully saturated rings. The first-order valence-electron chi connectivity index (χ1n) is 7.23. The Labute approximate surface area is 138 Å². The Bertz CT molecular complexity index is 737. The van der Waals surface area contributed by atoms with E-state index in [4.69, 9.17) is 0 Å². The van der Waals surface area contributed by atoms with Gasteiger partial charge >= 0.3 is 4.87 Å². The molecule has 0 unspecified atom stereocenters. The molecule has 2 rings (SSSR count). The summed E-state index contributed by atoms with van der Waals surface area (Å²) in [5.41, 5.74) is 1.54. The molecule has 2 aromatic rings. The molecule has 6 nitrogen and oxygen atoms in total. The van der Waals surface area contributed by atoms with Crippen LogP contribution >= 0.6 is 11.3 Å². The summed E-state index contributed by atoms with van der Waals surface area (Å²) in [5, 5.41) is 7.03. The summed E-state index contributed by atoms with van der Waals surface area (Å²) in [6, 6.07) is 8.30. The number of hydrogen-bond acceptors (Lipinski definition) is 4. The fourth-order valence-electron chi connectivity index (χ4n) is 2.21. The van der Waals surface area contributed by atoms with Crippen LogP contribution in [0, 0.1) is 6.92 Å². The third kappa shape index (κ3) is 4.29. The number of benzene rings is 1. The van der Waals surface area contributed by atoms with Gasteiger partial charge in [0.05, 0.1) is 0 Å². The molecule has 0 saturated heterocycles. The van der Waals surface area contributed by atoms with Crippen LogP contribution in [0.15, 0.2) is 40.5 Å². The second-order valence-corrected chi connectivity index (χ2v) is 5.89. The number of carbonyl (C=O) groups is 2. The van der Waals surface area contributed by atoms with Gasteiger partial charge < -0.3 is 15.2 Å². The van der Waals surface area contributed by atoms with Gasteiger partial charge in [-0.15, -0.1) is 0 Å². The quantitative estimate of drug-likeness (QED) is 0.834. The van der Waals surface area contributed by atoms with Crippen LogP contribution in [0.5, 0.6) is 0 Å². The smallest absolute Gasteiger partial charge is 0.307 e. The van der Waals surface area contributed by atoms with Gasteiger partial charge in [-0.05, 0) is 12.5 Å². The zero-order valence-electron chi connectivity index (χ0n) is 13.0. The highest BCUT2D eigenvalue weighted by Gasteiger charge is 2.21. The Hall–Kier alpha value is -2.41. The number of aromatic nitrogens is 1. The van der Waals surface area contributed by atoms with Crippen molar-refractivity contribution in [1.29, 1.82) is 0 Å². The van der Waals surface area contributed by atoms with Crippen LogP contribution in [-0.4, -0.2) is 23.4 Å². The minimum atomic E-state index is -0.742. The monoisotopic (exact) mass is 333 g/mol. The molecule has 122 valence electrons. The minimum Gasteiger partial charge on any atom is -0.357 e. The van der Waals surface area contributed by atoms with Crippen LogP contribution in [0.2, 0.25) is 0 Å². The molecule has 1 aromatic heterocycles. The van der Waals surface area contributed by atoms with Gasteiger partial charge in [0.15, 0.2) is 0 Å². The average Bonchev–Trinajstić information content (AvgIpc) is 2.89. The van der Waals surface area contributed by atoms with E-state index in [1.807, 2.05) is 25.1 Å². The van der Waals surface area contributed by atoms with Crippen LogP contribution in [-0.2, 0) is 16.1 Å². The first kappa shape index (κ1) is 17.0. The first-order chi connectivity index (χ1) is 11.0. The Morgan fingerprint density at radius 2 is 1.96 bits per heavy atom. The van der Waals surface area contributed by atoms with E-state index in [1.165, 1.54) is 7.05 Å². The lowest BCUT2D eigenvalue weighted by atomic mass is 10.1. The zero-order chi connectivity index (χ0) is 16.8. The molecule has 2 amide bonds. The molecule has 7 heteroatoms. The number of thiazole rings is 1. The van der Waals surface area contributed by atoms with E-state index in [-0.39, 0.29) is 23.1 Å². The fraction of sp³-hybridized carbons (Fsp3) is 0.312. The SMILES string of the molecule is CNC(=O)[C@H](NC(=O)CCn1c(C)csc1=O)c1ccccc1. The number of likely N-dealkylation sites (N-methyl/N-ethyl adjacent to an activating group) is 1. The summed E-state index contributed by atoms with van der Waals surface area (Å²) in [4.78, 5) is 35.7. The topological polar surface area (TPSA) is 80.2 Å². The van der Waals surface area contributed by atoms with E-state index in [0.717, 1.165) is 17.0 Å². The number of carbonyl (C=O) groups excluding carboxylic acids is 2. The van der Waals surface area contributed by atoms with Crippen molar-refractivity contribution in [2.75, 3.05) is 7.05 Å². The molecule has 1 atom stereocenters. The second-order valence-electron chi connectivity index (χ2n) is 5.07. The Morgan fingerprint density at radius 1 is 1.26 bits per heavy atom. The molecule has 2 N–H and O–H groups in total. The van der Waals surface area contributed by atoms with Gasteiger partial charge in [-0.25, -0.2) is 0 Å². The van der Waals surface area contributed by atoms with Gasteiger partial charge in [-0.3, -0.25) is 14.4 Å². The third-order valence-corrected chi connectivity index (χ3v) is 4.37. The Morgan fingerprint density at radius 3 is 2.52 bits per heavy atom. The van der Waals surface area contributed by atoms with E-state index in [1.54, 1.807) is 22.1 Å². The van der Waals surface area contributed by atoms with Gasteiger partial charge in [0.2, 0.25) is 11.8 Å². The standard InChI is InChI=1S/C16H19N3O3S/c1-11-10-23-16(22)19(11)9-8-13(20)18-14(15(21)17-2)12-6-4-3-5-7-12/h3-7,10,14H,8-9H2,1-2H3,(H,17,21)(H,18,20)/t14-/m1/s1. The van der Waals surface area contributed by atoms with Crippen molar-refractivity contribution >= 4 is 23.2 Å². The number of hydrogen-bond donors (Lipinski definition) is 2. The summed E-state index contributed by atoms with van der Waals surface area (Å²) < 4.78 is 1.56. The molecule has 1 aromatic carbocycles. The Balaban J connectivity index is 2.04. The van der Waals surface area contributed by atoms with Crippen molar-refractivity contribution in [2.24, 2.45) is 0 Å². The van der Waals surface area contributed by atoms with Crippen LogP contribution in [0.25, 0.3) is 0 Å². The number of amides is 2. The molecular weight excluding hydrogens is 314 g/mol. The van der Waals surface area contributed by atoms with E-state index < -0.39 is 6.04 Å². The highest BCUT2D eigenvalue weighted by atomic mass is 32.1. The first-order valence-corrected chi connectivity index (χ1v) is 8.11. The van der Waals surface area contributed by atoms with E-state index >= 15 is 0 Å². The van der Waals surface area contributed by atoms with Crippen molar-refractivity contribution < 1.29 is 9.59 Å². The molecule has 0 aliphatic heterocycles. The van der Waals surface area contributed by atoms with Crippen molar-refractivity contribution in [3.8, 4) is 0 Å². The molecule has 23 heavy (non-hydrogen) atoms. The fourth-order valence-corrected chi connectivity index (χ4v) is 2.97. The maximum atomic E-state index is 12.2. The second kappa shape index (κ2) is 7.73. The number of nitrogens with zero attached hydrogens (tertiary/aromatic N) is 1. The molecule has 0 aliphatic rings. The van der Waals surface area contributed by atoms with E-state index in [2.05, 4.69) is 10.6 Å². The predicted molar refractivity (Wildman–Crippen MR) is 89.3 cm³/mol.